The second kappa shape index (κ2) is 7.40. The van der Waals surface area contributed by atoms with Crippen molar-refractivity contribution in [2.45, 2.75) is 13.5 Å². The first-order chi connectivity index (χ1) is 10.9. The Morgan fingerprint density at radius 2 is 2.09 bits per heavy atom. The molecule has 2 aromatic rings. The molecule has 0 atom stereocenters. The van der Waals surface area contributed by atoms with Gasteiger partial charge >= 0.3 is 6.03 Å². The molecule has 122 valence electrons. The molecule has 0 unspecified atom stereocenters. The highest BCUT2D eigenvalue weighted by molar-refractivity contribution is 9.10. The van der Waals surface area contributed by atoms with Crippen LogP contribution in [0.1, 0.15) is 11.1 Å². The summed E-state index contributed by atoms with van der Waals surface area (Å²) in [5.41, 5.74) is 2.29. The van der Waals surface area contributed by atoms with Crippen LogP contribution in [0.25, 0.3) is 0 Å². The summed E-state index contributed by atoms with van der Waals surface area (Å²) >= 11 is 3.34. The van der Waals surface area contributed by atoms with Gasteiger partial charge in [-0.05, 0) is 40.5 Å². The number of aromatic nitrogens is 1. The van der Waals surface area contributed by atoms with Crippen LogP contribution in [0.4, 0.5) is 10.5 Å². The third-order valence-electron chi connectivity index (χ3n) is 3.22. The molecule has 0 aliphatic carbocycles. The summed E-state index contributed by atoms with van der Waals surface area (Å²) in [7, 11) is 1.43. The van der Waals surface area contributed by atoms with Crippen molar-refractivity contribution in [3.05, 3.63) is 52.3 Å². The SMILES string of the molecule is Cc1cccc(N(N)C(=O)N(C)N)c1COc1cncc(Br)c1. The lowest BCUT2D eigenvalue weighted by molar-refractivity contribution is 0.216. The van der Waals surface area contributed by atoms with E-state index in [4.69, 9.17) is 16.4 Å². The smallest absolute Gasteiger partial charge is 0.352 e. The van der Waals surface area contributed by atoms with Crippen LogP contribution in [0.2, 0.25) is 0 Å². The number of halogens is 1. The highest BCUT2D eigenvalue weighted by Gasteiger charge is 2.19. The molecule has 2 rings (SSSR count). The Kier molecular flexibility index (Phi) is 5.54. The van der Waals surface area contributed by atoms with Crippen molar-refractivity contribution in [3.63, 3.8) is 0 Å². The average Bonchev–Trinajstić information content (AvgIpc) is 2.52. The summed E-state index contributed by atoms with van der Waals surface area (Å²) in [5.74, 6) is 12.0. The standard InChI is InChI=1S/C15H18BrN5O2/c1-10-4-3-5-14(21(18)15(22)20(2)17)13(10)9-23-12-6-11(16)7-19-8-12/h3-8H,9,17-18H2,1-2H3. The van der Waals surface area contributed by atoms with Crippen molar-refractivity contribution in [1.29, 1.82) is 0 Å². The van der Waals surface area contributed by atoms with E-state index in [-0.39, 0.29) is 6.61 Å². The second-order valence-electron chi connectivity index (χ2n) is 4.96. The molecule has 0 saturated heterocycles. The Balaban J connectivity index is 2.26. The quantitative estimate of drug-likeness (QED) is 0.482. The van der Waals surface area contributed by atoms with Crippen molar-refractivity contribution in [1.82, 2.24) is 9.99 Å². The maximum Gasteiger partial charge on any atom is 0.352 e. The Morgan fingerprint density at radius 1 is 1.35 bits per heavy atom. The van der Waals surface area contributed by atoms with Gasteiger partial charge in [0, 0.05) is 23.3 Å². The molecule has 0 fully saturated rings. The van der Waals surface area contributed by atoms with Gasteiger partial charge < -0.3 is 4.74 Å². The van der Waals surface area contributed by atoms with E-state index in [1.807, 2.05) is 25.1 Å². The summed E-state index contributed by atoms with van der Waals surface area (Å²) in [6.45, 7) is 2.17. The number of hydrogen-bond donors (Lipinski definition) is 2. The van der Waals surface area contributed by atoms with Gasteiger partial charge in [0.15, 0.2) is 0 Å². The third kappa shape index (κ3) is 4.19. The molecule has 0 aliphatic heterocycles. The molecular weight excluding hydrogens is 362 g/mol. The lowest BCUT2D eigenvalue weighted by atomic mass is 10.1. The van der Waals surface area contributed by atoms with Gasteiger partial charge in [0.25, 0.3) is 0 Å². The van der Waals surface area contributed by atoms with Crippen LogP contribution in [0.15, 0.2) is 41.1 Å². The number of nitrogens with two attached hydrogens (primary N) is 2. The lowest BCUT2D eigenvalue weighted by Crippen LogP contribution is -2.49. The first-order valence-corrected chi connectivity index (χ1v) is 7.58. The molecule has 0 spiro atoms. The molecule has 0 aliphatic rings. The van der Waals surface area contributed by atoms with E-state index in [9.17, 15) is 4.79 Å². The predicted molar refractivity (Wildman–Crippen MR) is 91.5 cm³/mol. The number of benzene rings is 1. The van der Waals surface area contributed by atoms with E-state index in [0.717, 1.165) is 25.6 Å². The fraction of sp³-hybridized carbons (Fsp3) is 0.200. The molecule has 0 radical (unpaired) electrons. The molecule has 23 heavy (non-hydrogen) atoms. The predicted octanol–water partition coefficient (Wildman–Crippen LogP) is 2.34. The van der Waals surface area contributed by atoms with E-state index >= 15 is 0 Å². The number of pyridine rings is 1. The highest BCUT2D eigenvalue weighted by Crippen LogP contribution is 2.25. The minimum atomic E-state index is -0.527. The van der Waals surface area contributed by atoms with Crippen LogP contribution in [-0.4, -0.2) is 23.1 Å². The van der Waals surface area contributed by atoms with E-state index in [1.165, 1.54) is 7.05 Å². The number of amides is 2. The molecule has 4 N–H and O–H groups in total. The second-order valence-corrected chi connectivity index (χ2v) is 5.88. The Labute approximate surface area is 142 Å². The summed E-state index contributed by atoms with van der Waals surface area (Å²) in [5, 5.41) is 1.93. The maximum atomic E-state index is 12.0. The van der Waals surface area contributed by atoms with Crippen molar-refractivity contribution in [2.24, 2.45) is 11.7 Å². The maximum absolute atomic E-state index is 12.0. The molecule has 0 saturated carbocycles. The Bertz CT molecular complexity index is 708. The number of carbonyl (C=O) groups excluding carboxylic acids is 1. The third-order valence-corrected chi connectivity index (χ3v) is 3.65. The van der Waals surface area contributed by atoms with E-state index < -0.39 is 6.03 Å². The van der Waals surface area contributed by atoms with Gasteiger partial charge in [-0.25, -0.2) is 21.5 Å². The average molecular weight is 380 g/mol. The molecule has 8 heteroatoms. The van der Waals surface area contributed by atoms with Crippen LogP contribution in [-0.2, 0) is 6.61 Å². The zero-order valence-electron chi connectivity index (χ0n) is 12.9. The van der Waals surface area contributed by atoms with Gasteiger partial charge in [0.05, 0.1) is 11.9 Å². The largest absolute Gasteiger partial charge is 0.487 e. The first-order valence-electron chi connectivity index (χ1n) is 6.79. The van der Waals surface area contributed by atoms with Crippen LogP contribution >= 0.6 is 15.9 Å². The Morgan fingerprint density at radius 3 is 2.74 bits per heavy atom. The summed E-state index contributed by atoms with van der Waals surface area (Å²) in [4.78, 5) is 16.0. The van der Waals surface area contributed by atoms with Crippen molar-refractivity contribution in [3.8, 4) is 5.75 Å². The lowest BCUT2D eigenvalue weighted by Gasteiger charge is -2.24. The number of rotatable bonds is 4. The number of hydrazine groups is 2. The van der Waals surface area contributed by atoms with Gasteiger partial charge in [-0.1, -0.05) is 12.1 Å². The monoisotopic (exact) mass is 379 g/mol. The van der Waals surface area contributed by atoms with Crippen molar-refractivity contribution in [2.75, 3.05) is 12.1 Å². The Hall–Kier alpha value is -2.16. The highest BCUT2D eigenvalue weighted by atomic mass is 79.9. The first kappa shape index (κ1) is 17.2. The van der Waals surface area contributed by atoms with Crippen LogP contribution < -0.4 is 21.4 Å². The molecular formula is C15H18BrN5O2. The number of ether oxygens (including phenoxy) is 1. The minimum Gasteiger partial charge on any atom is -0.487 e. The number of nitrogens with zero attached hydrogens (tertiary/aromatic N) is 3. The zero-order chi connectivity index (χ0) is 17.0. The van der Waals surface area contributed by atoms with Crippen molar-refractivity contribution >= 4 is 27.6 Å². The van der Waals surface area contributed by atoms with E-state index in [0.29, 0.717) is 11.4 Å². The van der Waals surface area contributed by atoms with Crippen LogP contribution in [0.5, 0.6) is 5.75 Å². The van der Waals surface area contributed by atoms with E-state index in [2.05, 4.69) is 20.9 Å². The molecule has 7 nitrogen and oxygen atoms in total. The van der Waals surface area contributed by atoms with Gasteiger partial charge in [0.2, 0.25) is 0 Å². The van der Waals surface area contributed by atoms with Gasteiger partial charge in [-0.3, -0.25) is 9.99 Å². The molecule has 0 bridgehead atoms. The summed E-state index contributed by atoms with van der Waals surface area (Å²) < 4.78 is 6.57. The van der Waals surface area contributed by atoms with E-state index in [1.54, 1.807) is 18.5 Å². The molecule has 2 amide bonds. The number of urea groups is 1. The zero-order valence-corrected chi connectivity index (χ0v) is 14.4. The molecule has 1 aromatic carbocycles. The van der Waals surface area contributed by atoms with Gasteiger partial charge in [-0.2, -0.15) is 0 Å². The number of anilines is 1. The topological polar surface area (TPSA) is 97.7 Å². The molecule has 1 aromatic heterocycles. The number of carbonyl (C=O) groups is 1. The van der Waals surface area contributed by atoms with Gasteiger partial charge in [0.1, 0.15) is 12.4 Å². The fourth-order valence-electron chi connectivity index (χ4n) is 2.00. The van der Waals surface area contributed by atoms with Crippen molar-refractivity contribution < 1.29 is 9.53 Å². The fourth-order valence-corrected chi connectivity index (χ4v) is 2.34. The van der Waals surface area contributed by atoms with Gasteiger partial charge in [-0.15, -0.1) is 0 Å². The number of hydrogen-bond acceptors (Lipinski definition) is 5. The normalized spacial score (nSPS) is 10.3. The number of aryl methyl sites for hydroxylation is 1. The minimum absolute atomic E-state index is 0.245. The van der Waals surface area contributed by atoms with Crippen LogP contribution in [0.3, 0.4) is 0 Å². The molecule has 1 heterocycles. The summed E-state index contributed by atoms with van der Waals surface area (Å²) in [6.07, 6.45) is 3.28. The summed E-state index contributed by atoms with van der Waals surface area (Å²) in [6, 6.07) is 6.77. The van der Waals surface area contributed by atoms with Crippen LogP contribution in [0, 0.1) is 6.92 Å².